The van der Waals surface area contributed by atoms with Crippen molar-refractivity contribution < 1.29 is 12.4 Å². The Balaban J connectivity index is 3.47. The Hall–Kier alpha value is -0.700. The number of hydrogen-bond donors (Lipinski definition) is 0. The van der Waals surface area contributed by atoms with Crippen molar-refractivity contribution in [3.63, 3.8) is 0 Å². The van der Waals surface area contributed by atoms with Gasteiger partial charge < -0.3 is 0 Å². The zero-order valence-corrected chi connectivity index (χ0v) is 20.9. The molecule has 5 heteroatoms. The topological polar surface area (TPSA) is 43.4 Å². The zero-order valence-electron chi connectivity index (χ0n) is 19.2. The van der Waals surface area contributed by atoms with Gasteiger partial charge in [-0.15, -0.1) is 0 Å². The number of unbranched alkanes of at least 4 members (excludes halogenated alkanes) is 4. The minimum absolute atomic E-state index is 0.276. The second-order valence-corrected chi connectivity index (χ2v) is 15.9. The number of benzene rings is 1. The summed E-state index contributed by atoms with van der Waals surface area (Å²) in [6.45, 7) is 9.63. The molecule has 1 rings (SSSR count). The Labute approximate surface area is 180 Å². The summed E-state index contributed by atoms with van der Waals surface area (Å²) in [6, 6.07) is 6.93. The molecule has 0 aliphatic carbocycles. The van der Waals surface area contributed by atoms with Gasteiger partial charge in [-0.25, -0.2) is 0 Å². The van der Waals surface area contributed by atoms with E-state index in [1.165, 1.54) is 0 Å². The summed E-state index contributed by atoms with van der Waals surface area (Å²) < 4.78 is 33.5. The maximum absolute atomic E-state index is 13.5. The van der Waals surface area contributed by atoms with Gasteiger partial charge in [-0.1, -0.05) is 0 Å². The van der Waals surface area contributed by atoms with E-state index < -0.39 is 16.9 Å². The molecule has 0 heterocycles. The van der Waals surface area contributed by atoms with Gasteiger partial charge in [-0.3, -0.25) is 0 Å². The van der Waals surface area contributed by atoms with Gasteiger partial charge in [-0.05, 0) is 0 Å². The Kier molecular flexibility index (Phi) is 11.1. The Morgan fingerprint density at radius 3 is 1.48 bits per heavy atom. The van der Waals surface area contributed by atoms with Crippen molar-refractivity contribution in [1.82, 2.24) is 0 Å². The van der Waals surface area contributed by atoms with Crippen LogP contribution in [-0.4, -0.2) is 33.1 Å². The Morgan fingerprint density at radius 1 is 0.793 bits per heavy atom. The van der Waals surface area contributed by atoms with Gasteiger partial charge in [0.15, 0.2) is 0 Å². The van der Waals surface area contributed by atoms with Crippen molar-refractivity contribution in [3.8, 4) is 0 Å². The molecule has 1 aromatic rings. The minimum atomic E-state index is -3.80. The fourth-order valence-electron chi connectivity index (χ4n) is 4.14. The fraction of sp³-hybridized carbons (Fsp3) is 0.667. The van der Waals surface area contributed by atoms with Crippen LogP contribution in [0.1, 0.15) is 84.6 Å². The van der Waals surface area contributed by atoms with Crippen LogP contribution < -0.4 is 0 Å². The molecule has 0 amide bonds. The first-order valence-corrected chi connectivity index (χ1v) is 15.8. The van der Waals surface area contributed by atoms with Crippen LogP contribution in [0.5, 0.6) is 0 Å². The number of rotatable bonds is 16. The second-order valence-electron chi connectivity index (χ2n) is 8.47. The van der Waals surface area contributed by atoms with E-state index in [1.54, 1.807) is 30.3 Å². The third-order valence-electron chi connectivity index (χ3n) is 6.02. The van der Waals surface area contributed by atoms with E-state index in [-0.39, 0.29) is 4.90 Å². The van der Waals surface area contributed by atoms with E-state index >= 15 is 0 Å². The Morgan fingerprint density at radius 2 is 1.17 bits per heavy atom. The second kappa shape index (κ2) is 12.2. The zero-order chi connectivity index (χ0) is 21.8. The van der Waals surface area contributed by atoms with E-state index in [0.29, 0.717) is 0 Å². The van der Waals surface area contributed by atoms with E-state index in [4.69, 9.17) is 3.97 Å². The Bertz CT molecular complexity index is 667. The molecule has 29 heavy (non-hydrogen) atoms. The predicted octanol–water partition coefficient (Wildman–Crippen LogP) is 7.70. The molecule has 0 saturated carbocycles. The molecule has 168 valence electrons. The molecule has 0 aliphatic rings. The molecular formula is C24H43O3PS. The molecule has 1 aromatic carbocycles. The van der Waals surface area contributed by atoms with Crippen LogP contribution in [0.3, 0.4) is 0 Å². The first-order valence-electron chi connectivity index (χ1n) is 11.5. The van der Waals surface area contributed by atoms with Crippen LogP contribution in [0.25, 0.3) is 6.08 Å². The third-order valence-corrected chi connectivity index (χ3v) is 15.1. The van der Waals surface area contributed by atoms with Crippen molar-refractivity contribution in [1.29, 1.82) is 0 Å². The molecule has 0 saturated heterocycles. The third kappa shape index (κ3) is 7.49. The van der Waals surface area contributed by atoms with Crippen LogP contribution in [-0.2, 0) is 14.1 Å². The fourth-order valence-corrected chi connectivity index (χ4v) is 14.2. The van der Waals surface area contributed by atoms with Gasteiger partial charge in [0.2, 0.25) is 0 Å². The van der Waals surface area contributed by atoms with E-state index in [2.05, 4.69) is 34.3 Å². The van der Waals surface area contributed by atoms with Gasteiger partial charge >= 0.3 is 180 Å². The van der Waals surface area contributed by atoms with Crippen LogP contribution in [0.4, 0.5) is 0 Å². The molecule has 0 aromatic heterocycles. The molecule has 0 atom stereocenters. The summed E-state index contributed by atoms with van der Waals surface area (Å²) in [5, 5.41) is 0. The van der Waals surface area contributed by atoms with Gasteiger partial charge in [0, 0.05) is 0 Å². The SMILES string of the molecule is C=Cc1ccc(S(=O)(=O)OP(CCCC)(CCCC)(CCCC)CCCC)cc1. The van der Waals surface area contributed by atoms with Crippen molar-refractivity contribution in [2.24, 2.45) is 0 Å². The number of hydrogen-bond acceptors (Lipinski definition) is 3. The van der Waals surface area contributed by atoms with Crippen molar-refractivity contribution in [2.75, 3.05) is 24.6 Å². The van der Waals surface area contributed by atoms with Gasteiger partial charge in [-0.2, -0.15) is 0 Å². The first-order chi connectivity index (χ1) is 13.8. The molecule has 0 N–H and O–H groups in total. The summed E-state index contributed by atoms with van der Waals surface area (Å²) >= 11 is 0. The maximum atomic E-state index is 13.5. The first kappa shape index (κ1) is 26.3. The average Bonchev–Trinajstić information content (AvgIpc) is 2.73. The molecular weight excluding hydrogens is 399 g/mol. The summed E-state index contributed by atoms with van der Waals surface area (Å²) in [6.07, 6.45) is 13.9. The molecule has 0 aliphatic heterocycles. The molecule has 0 radical (unpaired) electrons. The van der Waals surface area contributed by atoms with Crippen molar-refractivity contribution in [3.05, 3.63) is 36.4 Å². The standard InChI is InChI=1S/C24H43O3PS/c1-6-11-19-28(20-12-7-2,21-13-8-3,22-14-9-4)27-29(25,26)24-17-15-23(10-5)16-18-24/h10,15-18H,5-9,11-14,19-22H2,1-4H3. The molecule has 0 fully saturated rings. The predicted molar refractivity (Wildman–Crippen MR) is 131 cm³/mol. The summed E-state index contributed by atoms with van der Waals surface area (Å²) in [7, 11) is -3.80. The molecule has 0 spiro atoms. The average molecular weight is 443 g/mol. The van der Waals surface area contributed by atoms with Crippen LogP contribution in [0.2, 0.25) is 0 Å². The van der Waals surface area contributed by atoms with Gasteiger partial charge in [0.1, 0.15) is 0 Å². The van der Waals surface area contributed by atoms with Crippen molar-refractivity contribution in [2.45, 2.75) is 84.0 Å². The van der Waals surface area contributed by atoms with Gasteiger partial charge in [0.25, 0.3) is 0 Å². The molecule has 0 bridgehead atoms. The van der Waals surface area contributed by atoms with Crippen LogP contribution >= 0.6 is 6.83 Å². The van der Waals surface area contributed by atoms with E-state index in [9.17, 15) is 8.42 Å². The summed E-state index contributed by atoms with van der Waals surface area (Å²) in [5.41, 5.74) is 0.912. The van der Waals surface area contributed by atoms with E-state index in [1.807, 2.05) is 0 Å². The summed E-state index contributed by atoms with van der Waals surface area (Å²) in [4.78, 5) is 0.276. The van der Waals surface area contributed by atoms with Gasteiger partial charge in [0.05, 0.1) is 0 Å². The summed E-state index contributed by atoms with van der Waals surface area (Å²) in [5.74, 6) is 0. The molecule has 3 nitrogen and oxygen atoms in total. The van der Waals surface area contributed by atoms with Crippen molar-refractivity contribution >= 4 is 23.0 Å². The normalized spacial score (nSPS) is 13.7. The molecule has 0 unspecified atom stereocenters. The van der Waals surface area contributed by atoms with Crippen LogP contribution in [0.15, 0.2) is 35.7 Å². The van der Waals surface area contributed by atoms with E-state index in [0.717, 1.165) is 81.6 Å². The monoisotopic (exact) mass is 442 g/mol. The van der Waals surface area contributed by atoms with Crippen LogP contribution in [0, 0.1) is 0 Å². The quantitative estimate of drug-likeness (QED) is 0.246.